The van der Waals surface area contributed by atoms with E-state index >= 15 is 0 Å². The number of fused-ring (bicyclic) bond motifs is 3. The van der Waals surface area contributed by atoms with Crippen molar-refractivity contribution in [2.24, 2.45) is 5.73 Å². The number of benzene rings is 1. The fraction of sp³-hybridized carbons (Fsp3) is 0.167. The van der Waals surface area contributed by atoms with Gasteiger partial charge in [0.15, 0.2) is 11.2 Å². The van der Waals surface area contributed by atoms with Crippen LogP contribution in [-0.4, -0.2) is 11.7 Å². The lowest BCUT2D eigenvalue weighted by molar-refractivity contribution is 0.268. The second-order valence-corrected chi connectivity index (χ2v) is 3.76. The molecule has 0 fully saturated rings. The molecular formula is C12H11NO3. The van der Waals surface area contributed by atoms with Gasteiger partial charge in [-0.2, -0.15) is 0 Å². The minimum absolute atomic E-state index is 0.0936. The zero-order valence-corrected chi connectivity index (χ0v) is 8.51. The number of furan rings is 2. The Bertz CT molecular complexity index is 638. The van der Waals surface area contributed by atoms with Gasteiger partial charge in [-0.05, 0) is 23.8 Å². The monoisotopic (exact) mass is 217 g/mol. The first-order valence-electron chi connectivity index (χ1n) is 5.05. The Balaban J connectivity index is 2.43. The zero-order chi connectivity index (χ0) is 11.1. The second-order valence-electron chi connectivity index (χ2n) is 3.76. The van der Waals surface area contributed by atoms with Gasteiger partial charge < -0.3 is 19.7 Å². The Labute approximate surface area is 91.2 Å². The fourth-order valence-corrected chi connectivity index (χ4v) is 1.98. The minimum Gasteiger partial charge on any atom is -0.460 e. The quantitative estimate of drug-likeness (QED) is 0.690. The van der Waals surface area contributed by atoms with E-state index in [0.717, 1.165) is 16.3 Å². The third-order valence-electron chi connectivity index (χ3n) is 2.79. The van der Waals surface area contributed by atoms with E-state index in [0.29, 0.717) is 11.2 Å². The van der Waals surface area contributed by atoms with Crippen molar-refractivity contribution in [3.05, 3.63) is 36.3 Å². The molecule has 0 amide bonds. The molecular weight excluding hydrogens is 206 g/mol. The molecule has 4 nitrogen and oxygen atoms in total. The molecule has 1 aromatic carbocycles. The SMILES string of the molecule is NC(CO)c1cc2ccoc2c2occc12. The summed E-state index contributed by atoms with van der Waals surface area (Å²) in [5.41, 5.74) is 8.13. The topological polar surface area (TPSA) is 72.5 Å². The van der Waals surface area contributed by atoms with Crippen molar-refractivity contribution >= 4 is 21.9 Å². The number of aliphatic hydroxyl groups is 1. The van der Waals surface area contributed by atoms with Crippen LogP contribution in [0.4, 0.5) is 0 Å². The normalized spacial score (nSPS) is 13.6. The molecule has 82 valence electrons. The predicted octanol–water partition coefficient (Wildman–Crippen LogP) is 2.17. The van der Waals surface area contributed by atoms with Gasteiger partial charge >= 0.3 is 0 Å². The first kappa shape index (κ1) is 9.45. The molecule has 0 aliphatic heterocycles. The molecule has 3 rings (SSSR count). The molecule has 0 aliphatic carbocycles. The van der Waals surface area contributed by atoms with Gasteiger partial charge in [0.1, 0.15) is 0 Å². The maximum atomic E-state index is 9.13. The zero-order valence-electron chi connectivity index (χ0n) is 8.51. The minimum atomic E-state index is -0.403. The summed E-state index contributed by atoms with van der Waals surface area (Å²) in [6.07, 6.45) is 3.21. The lowest BCUT2D eigenvalue weighted by atomic mass is 10.0. The standard InChI is InChI=1S/C12H11NO3/c13-10(6-14)9-5-7-1-3-15-11(7)12-8(9)2-4-16-12/h1-5,10,14H,6,13H2. The summed E-state index contributed by atoms with van der Waals surface area (Å²) in [6.45, 7) is -0.0936. The van der Waals surface area contributed by atoms with Crippen LogP contribution in [0.2, 0.25) is 0 Å². The van der Waals surface area contributed by atoms with Crippen LogP contribution in [0.5, 0.6) is 0 Å². The van der Waals surface area contributed by atoms with Gasteiger partial charge in [-0.1, -0.05) is 0 Å². The summed E-state index contributed by atoms with van der Waals surface area (Å²) in [4.78, 5) is 0. The van der Waals surface area contributed by atoms with Crippen LogP contribution < -0.4 is 5.73 Å². The van der Waals surface area contributed by atoms with E-state index in [2.05, 4.69) is 0 Å². The number of aliphatic hydroxyl groups excluding tert-OH is 1. The molecule has 1 unspecified atom stereocenters. The second kappa shape index (κ2) is 3.37. The summed E-state index contributed by atoms with van der Waals surface area (Å²) >= 11 is 0. The van der Waals surface area contributed by atoms with Crippen molar-refractivity contribution in [1.29, 1.82) is 0 Å². The molecule has 4 heteroatoms. The fourth-order valence-electron chi connectivity index (χ4n) is 1.98. The lowest BCUT2D eigenvalue weighted by Crippen LogP contribution is -2.14. The van der Waals surface area contributed by atoms with E-state index in [9.17, 15) is 0 Å². The van der Waals surface area contributed by atoms with Gasteiger partial charge in [-0.15, -0.1) is 0 Å². The molecule has 16 heavy (non-hydrogen) atoms. The van der Waals surface area contributed by atoms with Crippen LogP contribution in [0.3, 0.4) is 0 Å². The van der Waals surface area contributed by atoms with Gasteiger partial charge in [0.25, 0.3) is 0 Å². The van der Waals surface area contributed by atoms with Crippen LogP contribution in [0.25, 0.3) is 21.9 Å². The summed E-state index contributed by atoms with van der Waals surface area (Å²) in [6, 6.07) is 5.21. The molecule has 1 atom stereocenters. The highest BCUT2D eigenvalue weighted by Gasteiger charge is 2.15. The van der Waals surface area contributed by atoms with Crippen LogP contribution >= 0.6 is 0 Å². The Morgan fingerprint density at radius 3 is 2.75 bits per heavy atom. The van der Waals surface area contributed by atoms with E-state index in [1.165, 1.54) is 0 Å². The Hall–Kier alpha value is -1.78. The maximum absolute atomic E-state index is 9.13. The Kier molecular flexibility index (Phi) is 1.99. The molecule has 2 heterocycles. The van der Waals surface area contributed by atoms with Crippen LogP contribution in [0, 0.1) is 0 Å². The molecule has 2 aromatic heterocycles. The van der Waals surface area contributed by atoms with Gasteiger partial charge in [-0.3, -0.25) is 0 Å². The molecule has 0 saturated heterocycles. The molecule has 0 aliphatic rings. The van der Waals surface area contributed by atoms with Crippen molar-refractivity contribution in [1.82, 2.24) is 0 Å². The van der Waals surface area contributed by atoms with Crippen LogP contribution in [0.1, 0.15) is 11.6 Å². The molecule has 0 bridgehead atoms. The summed E-state index contributed by atoms with van der Waals surface area (Å²) in [5.74, 6) is 0. The van der Waals surface area contributed by atoms with E-state index in [1.54, 1.807) is 12.5 Å². The first-order chi connectivity index (χ1) is 7.81. The van der Waals surface area contributed by atoms with Gasteiger partial charge in [0.2, 0.25) is 0 Å². The molecule has 0 saturated carbocycles. The van der Waals surface area contributed by atoms with Crippen molar-refractivity contribution < 1.29 is 13.9 Å². The van der Waals surface area contributed by atoms with Gasteiger partial charge in [0, 0.05) is 10.8 Å². The summed E-state index contributed by atoms with van der Waals surface area (Å²) in [5, 5.41) is 11.0. The average Bonchev–Trinajstić information content (AvgIpc) is 2.93. The van der Waals surface area contributed by atoms with Crippen LogP contribution in [-0.2, 0) is 0 Å². The summed E-state index contributed by atoms with van der Waals surface area (Å²) in [7, 11) is 0. The highest BCUT2D eigenvalue weighted by Crippen LogP contribution is 2.32. The smallest absolute Gasteiger partial charge is 0.177 e. The molecule has 3 aromatic rings. The average molecular weight is 217 g/mol. The Morgan fingerprint density at radius 2 is 1.94 bits per heavy atom. The largest absolute Gasteiger partial charge is 0.460 e. The number of rotatable bonds is 2. The predicted molar refractivity (Wildman–Crippen MR) is 60.0 cm³/mol. The number of hydrogen-bond acceptors (Lipinski definition) is 4. The van der Waals surface area contributed by atoms with E-state index < -0.39 is 6.04 Å². The van der Waals surface area contributed by atoms with Crippen molar-refractivity contribution in [2.45, 2.75) is 6.04 Å². The lowest BCUT2D eigenvalue weighted by Gasteiger charge is -2.09. The number of hydrogen-bond donors (Lipinski definition) is 2. The van der Waals surface area contributed by atoms with Crippen molar-refractivity contribution in [2.75, 3.05) is 6.61 Å². The van der Waals surface area contributed by atoms with E-state index in [-0.39, 0.29) is 6.61 Å². The maximum Gasteiger partial charge on any atom is 0.177 e. The van der Waals surface area contributed by atoms with E-state index in [4.69, 9.17) is 19.7 Å². The third kappa shape index (κ3) is 1.17. The summed E-state index contributed by atoms with van der Waals surface area (Å²) < 4.78 is 10.8. The number of nitrogens with two attached hydrogens (primary N) is 1. The van der Waals surface area contributed by atoms with Gasteiger partial charge in [0.05, 0.1) is 25.2 Å². The first-order valence-corrected chi connectivity index (χ1v) is 5.05. The molecule has 0 radical (unpaired) electrons. The van der Waals surface area contributed by atoms with Crippen molar-refractivity contribution in [3.8, 4) is 0 Å². The van der Waals surface area contributed by atoms with Crippen LogP contribution in [0.15, 0.2) is 39.6 Å². The highest BCUT2D eigenvalue weighted by molar-refractivity contribution is 6.02. The Morgan fingerprint density at radius 1 is 1.19 bits per heavy atom. The van der Waals surface area contributed by atoms with Gasteiger partial charge in [-0.25, -0.2) is 0 Å². The molecule has 0 spiro atoms. The van der Waals surface area contributed by atoms with Crippen molar-refractivity contribution in [3.63, 3.8) is 0 Å². The molecule has 3 N–H and O–H groups in total. The highest BCUT2D eigenvalue weighted by atomic mass is 16.4. The van der Waals surface area contributed by atoms with E-state index in [1.807, 2.05) is 18.2 Å². The third-order valence-corrected chi connectivity index (χ3v) is 2.79.